The van der Waals surface area contributed by atoms with Crippen molar-refractivity contribution in [1.82, 2.24) is 10.2 Å². The van der Waals surface area contributed by atoms with Crippen molar-refractivity contribution in [3.63, 3.8) is 0 Å². The van der Waals surface area contributed by atoms with Crippen LogP contribution in [0.1, 0.15) is 47.1 Å². The van der Waals surface area contributed by atoms with Crippen molar-refractivity contribution in [1.29, 1.82) is 0 Å². The van der Waals surface area contributed by atoms with Crippen molar-refractivity contribution < 1.29 is 18.4 Å². The summed E-state index contributed by atoms with van der Waals surface area (Å²) in [5, 5.41) is 6.50. The highest BCUT2D eigenvalue weighted by Crippen LogP contribution is 2.33. The van der Waals surface area contributed by atoms with Gasteiger partial charge in [0.2, 0.25) is 0 Å². The molecule has 0 radical (unpaired) electrons. The second kappa shape index (κ2) is 7.48. The number of nitrogens with one attached hydrogen (secondary N) is 2. The van der Waals surface area contributed by atoms with E-state index in [1.54, 1.807) is 30.1 Å². The molecule has 30 heavy (non-hydrogen) atoms. The van der Waals surface area contributed by atoms with Crippen molar-refractivity contribution in [2.75, 3.05) is 12.4 Å². The summed E-state index contributed by atoms with van der Waals surface area (Å²) < 4.78 is 19.6. The zero-order valence-corrected chi connectivity index (χ0v) is 17.4. The van der Waals surface area contributed by atoms with Crippen molar-refractivity contribution in [3.05, 3.63) is 64.7 Å². The number of urea groups is 1. The summed E-state index contributed by atoms with van der Waals surface area (Å²) in [7, 11) is 1.75. The lowest BCUT2D eigenvalue weighted by atomic mass is 9.98. The van der Waals surface area contributed by atoms with E-state index < -0.39 is 0 Å². The number of rotatable bonds is 4. The average molecular weight is 409 g/mol. The molecule has 0 saturated heterocycles. The van der Waals surface area contributed by atoms with E-state index in [2.05, 4.69) is 10.6 Å². The first-order chi connectivity index (χ1) is 14.2. The first-order valence-electron chi connectivity index (χ1n) is 9.89. The molecule has 0 fully saturated rings. The van der Waals surface area contributed by atoms with E-state index in [1.165, 1.54) is 12.1 Å². The van der Waals surface area contributed by atoms with Crippen LogP contribution >= 0.6 is 0 Å². The smallest absolute Gasteiger partial charge is 0.319 e. The molecule has 2 N–H and O–H groups in total. The van der Waals surface area contributed by atoms with Gasteiger partial charge in [-0.3, -0.25) is 4.79 Å². The average Bonchev–Trinajstić information content (AvgIpc) is 3.16. The summed E-state index contributed by atoms with van der Waals surface area (Å²) in [5.74, 6) is 0.316. The Kier molecular flexibility index (Phi) is 4.97. The Hall–Kier alpha value is -3.35. The van der Waals surface area contributed by atoms with Gasteiger partial charge in [-0.05, 0) is 54.8 Å². The van der Waals surface area contributed by atoms with Gasteiger partial charge in [0.25, 0.3) is 5.91 Å². The lowest BCUT2D eigenvalue weighted by molar-refractivity contribution is 0.0816. The molecule has 156 valence electrons. The SMILES string of the molecule is Cc1c([C@@H](NC(=O)Nc2ccc3c(c2)CN(C)C3=O)C(C)C)oc2ccc(F)cc12. The molecule has 0 aliphatic carbocycles. The lowest BCUT2D eigenvalue weighted by Crippen LogP contribution is -2.35. The molecule has 1 aliphatic heterocycles. The third-order valence-corrected chi connectivity index (χ3v) is 5.52. The Morgan fingerprint density at radius 2 is 1.97 bits per heavy atom. The molecule has 3 amide bonds. The fourth-order valence-electron chi connectivity index (χ4n) is 3.90. The molecule has 1 aromatic heterocycles. The molecule has 7 heteroatoms. The van der Waals surface area contributed by atoms with Crippen LogP contribution in [0, 0.1) is 18.7 Å². The van der Waals surface area contributed by atoms with Crippen molar-refractivity contribution >= 4 is 28.6 Å². The number of amides is 3. The van der Waals surface area contributed by atoms with E-state index in [4.69, 9.17) is 4.42 Å². The number of benzene rings is 2. The fraction of sp³-hybridized carbons (Fsp3) is 0.304. The zero-order chi connectivity index (χ0) is 21.6. The number of carbonyl (C=O) groups excluding carboxylic acids is 2. The van der Waals surface area contributed by atoms with Gasteiger partial charge in [0, 0.05) is 35.8 Å². The van der Waals surface area contributed by atoms with Gasteiger partial charge in [-0.25, -0.2) is 9.18 Å². The predicted molar refractivity (Wildman–Crippen MR) is 113 cm³/mol. The molecule has 1 aliphatic rings. The minimum atomic E-state index is -0.386. The molecule has 0 saturated carbocycles. The van der Waals surface area contributed by atoms with Gasteiger partial charge in [0.1, 0.15) is 17.2 Å². The quantitative estimate of drug-likeness (QED) is 0.638. The Labute approximate surface area is 174 Å². The summed E-state index contributed by atoms with van der Waals surface area (Å²) >= 11 is 0. The number of nitrogens with zero attached hydrogens (tertiary/aromatic N) is 1. The van der Waals surface area contributed by atoms with Crippen molar-refractivity contribution in [2.45, 2.75) is 33.4 Å². The van der Waals surface area contributed by atoms with Gasteiger partial charge in [0.15, 0.2) is 0 Å². The third kappa shape index (κ3) is 3.51. The molecular formula is C23H24FN3O3. The topological polar surface area (TPSA) is 74.6 Å². The second-order valence-electron chi connectivity index (χ2n) is 8.09. The molecule has 1 atom stereocenters. The Morgan fingerprint density at radius 3 is 2.70 bits per heavy atom. The number of halogens is 1. The van der Waals surface area contributed by atoms with Crippen LogP contribution in [0.5, 0.6) is 0 Å². The van der Waals surface area contributed by atoms with E-state index in [-0.39, 0.29) is 29.7 Å². The molecule has 0 bridgehead atoms. The number of carbonyl (C=O) groups is 2. The Bertz CT molecular complexity index is 1150. The molecule has 3 aromatic rings. The maximum absolute atomic E-state index is 13.6. The number of furan rings is 1. The normalized spacial score (nSPS) is 14.3. The summed E-state index contributed by atoms with van der Waals surface area (Å²) in [4.78, 5) is 26.4. The van der Waals surface area contributed by atoms with E-state index in [0.717, 1.165) is 11.1 Å². The standard InChI is InChI=1S/C23H24FN3O3/c1-12(2)20(21-13(3)18-10-15(24)5-8-19(18)30-21)26-23(29)25-16-6-7-17-14(9-16)11-27(4)22(17)28/h5-10,12,20H,11H2,1-4H3,(H2,25,26,29)/t20-/m0/s1. The highest BCUT2D eigenvalue weighted by molar-refractivity contribution is 5.99. The minimum absolute atomic E-state index is 0.0160. The van der Waals surface area contributed by atoms with Gasteiger partial charge >= 0.3 is 6.03 Å². The van der Waals surface area contributed by atoms with Crippen molar-refractivity contribution in [3.8, 4) is 0 Å². The first kappa shape index (κ1) is 19.9. The van der Waals surface area contributed by atoms with Crippen LogP contribution in [0.4, 0.5) is 14.9 Å². The Morgan fingerprint density at radius 1 is 1.20 bits per heavy atom. The van der Waals surface area contributed by atoms with Crippen LogP contribution in [0.3, 0.4) is 0 Å². The number of anilines is 1. The monoisotopic (exact) mass is 409 g/mol. The van der Waals surface area contributed by atoms with Gasteiger partial charge in [-0.1, -0.05) is 13.8 Å². The number of aryl methyl sites for hydroxylation is 1. The van der Waals surface area contributed by atoms with Gasteiger partial charge in [-0.2, -0.15) is 0 Å². The van der Waals surface area contributed by atoms with Crippen molar-refractivity contribution in [2.24, 2.45) is 5.92 Å². The molecule has 0 spiro atoms. The van der Waals surface area contributed by atoms with E-state index in [9.17, 15) is 14.0 Å². The number of hydrogen-bond donors (Lipinski definition) is 2. The van der Waals surface area contributed by atoms with E-state index in [1.807, 2.05) is 26.8 Å². The molecule has 2 aromatic carbocycles. The molecule has 4 rings (SSSR count). The lowest BCUT2D eigenvalue weighted by Gasteiger charge is -2.21. The van der Waals surface area contributed by atoms with Crippen LogP contribution < -0.4 is 10.6 Å². The molecule has 2 heterocycles. The Balaban J connectivity index is 1.55. The van der Waals surface area contributed by atoms with Crippen LogP contribution in [-0.2, 0) is 6.54 Å². The van der Waals surface area contributed by atoms with E-state index in [0.29, 0.717) is 34.5 Å². The van der Waals surface area contributed by atoms with Crippen LogP contribution in [0.25, 0.3) is 11.0 Å². The summed E-state index contributed by atoms with van der Waals surface area (Å²) in [6.45, 7) is 6.35. The third-order valence-electron chi connectivity index (χ3n) is 5.52. The van der Waals surface area contributed by atoms with Crippen LogP contribution in [0.2, 0.25) is 0 Å². The van der Waals surface area contributed by atoms with E-state index >= 15 is 0 Å². The molecule has 0 unspecified atom stereocenters. The number of fused-ring (bicyclic) bond motifs is 2. The fourth-order valence-corrected chi connectivity index (χ4v) is 3.90. The summed E-state index contributed by atoms with van der Waals surface area (Å²) in [6.07, 6.45) is 0. The zero-order valence-electron chi connectivity index (χ0n) is 17.4. The maximum atomic E-state index is 13.6. The minimum Gasteiger partial charge on any atom is -0.459 e. The highest BCUT2D eigenvalue weighted by Gasteiger charge is 2.27. The highest BCUT2D eigenvalue weighted by atomic mass is 19.1. The molecular weight excluding hydrogens is 385 g/mol. The second-order valence-corrected chi connectivity index (χ2v) is 8.09. The largest absolute Gasteiger partial charge is 0.459 e. The first-order valence-corrected chi connectivity index (χ1v) is 9.89. The van der Waals surface area contributed by atoms with Gasteiger partial charge in [-0.15, -0.1) is 0 Å². The van der Waals surface area contributed by atoms with Crippen LogP contribution in [0.15, 0.2) is 40.8 Å². The molecule has 6 nitrogen and oxygen atoms in total. The van der Waals surface area contributed by atoms with Gasteiger partial charge < -0.3 is 20.0 Å². The summed E-state index contributed by atoms with van der Waals surface area (Å²) in [6, 6.07) is 8.90. The summed E-state index contributed by atoms with van der Waals surface area (Å²) in [5.41, 5.74) is 3.55. The van der Waals surface area contributed by atoms with Gasteiger partial charge in [0.05, 0.1) is 6.04 Å². The van der Waals surface area contributed by atoms with Crippen LogP contribution in [-0.4, -0.2) is 23.9 Å². The maximum Gasteiger partial charge on any atom is 0.319 e. The predicted octanol–water partition coefficient (Wildman–Crippen LogP) is 4.98. The number of hydrogen-bond acceptors (Lipinski definition) is 3.